The molecule has 0 saturated heterocycles. The van der Waals surface area contributed by atoms with Crippen LogP contribution in [-0.2, 0) is 0 Å². The van der Waals surface area contributed by atoms with E-state index in [1.165, 1.54) is 0 Å². The summed E-state index contributed by atoms with van der Waals surface area (Å²) in [4.78, 5) is 0. The maximum atomic E-state index is 8.62. The summed E-state index contributed by atoms with van der Waals surface area (Å²) < 4.78 is 10.7. The first-order chi connectivity index (χ1) is 6.88. The molecule has 0 spiro atoms. The van der Waals surface area contributed by atoms with Gasteiger partial charge in [0.15, 0.2) is 11.5 Å². The third kappa shape index (κ3) is 3.55. The van der Waals surface area contributed by atoms with E-state index in [0.717, 1.165) is 5.33 Å². The highest BCUT2D eigenvalue weighted by molar-refractivity contribution is 9.09. The maximum Gasteiger partial charge on any atom is 0.161 e. The van der Waals surface area contributed by atoms with Gasteiger partial charge < -0.3 is 14.6 Å². The van der Waals surface area contributed by atoms with Crippen LogP contribution in [0.3, 0.4) is 0 Å². The Kier molecular flexibility index (Phi) is 5.40. The van der Waals surface area contributed by atoms with Crippen molar-refractivity contribution in [1.29, 1.82) is 0 Å². The predicted molar refractivity (Wildman–Crippen MR) is 58.3 cm³/mol. The largest absolute Gasteiger partial charge is 0.489 e. The second-order valence-electron chi connectivity index (χ2n) is 2.56. The molecule has 1 aromatic carbocycles. The summed E-state index contributed by atoms with van der Waals surface area (Å²) in [5, 5.41) is 9.40. The van der Waals surface area contributed by atoms with Gasteiger partial charge in [0.2, 0.25) is 0 Å². The van der Waals surface area contributed by atoms with Crippen LogP contribution in [0.1, 0.15) is 0 Å². The van der Waals surface area contributed by atoms with Gasteiger partial charge in [0.25, 0.3) is 0 Å². The van der Waals surface area contributed by atoms with Gasteiger partial charge in [-0.15, -0.1) is 0 Å². The summed E-state index contributed by atoms with van der Waals surface area (Å²) >= 11 is 3.28. The van der Waals surface area contributed by atoms with Crippen molar-refractivity contribution in [2.45, 2.75) is 0 Å². The quantitative estimate of drug-likeness (QED) is 0.794. The number of aliphatic hydroxyl groups is 1. The molecule has 3 nitrogen and oxygen atoms in total. The standard InChI is InChI=1S/C10H13BrO3/c11-5-7-13-9-3-1-2-4-10(9)14-8-6-12/h1-4,12H,5-8H2. The van der Waals surface area contributed by atoms with E-state index in [2.05, 4.69) is 15.9 Å². The van der Waals surface area contributed by atoms with Crippen molar-refractivity contribution in [3.63, 3.8) is 0 Å². The van der Waals surface area contributed by atoms with Gasteiger partial charge in [0, 0.05) is 5.33 Å². The summed E-state index contributed by atoms with van der Waals surface area (Å²) in [6, 6.07) is 7.41. The van der Waals surface area contributed by atoms with Crippen molar-refractivity contribution in [3.05, 3.63) is 24.3 Å². The van der Waals surface area contributed by atoms with Crippen molar-refractivity contribution in [3.8, 4) is 11.5 Å². The zero-order valence-electron chi connectivity index (χ0n) is 7.78. The van der Waals surface area contributed by atoms with E-state index >= 15 is 0 Å². The lowest BCUT2D eigenvalue weighted by atomic mass is 10.3. The number of halogens is 1. The number of para-hydroxylation sites is 2. The SMILES string of the molecule is OCCOc1ccccc1OCCBr. The van der Waals surface area contributed by atoms with Gasteiger partial charge in [-0.25, -0.2) is 0 Å². The van der Waals surface area contributed by atoms with Crippen LogP contribution in [0, 0.1) is 0 Å². The van der Waals surface area contributed by atoms with Gasteiger partial charge in [-0.2, -0.15) is 0 Å². The molecule has 1 N–H and O–H groups in total. The Hall–Kier alpha value is -0.740. The van der Waals surface area contributed by atoms with Crippen LogP contribution < -0.4 is 9.47 Å². The lowest BCUT2D eigenvalue weighted by Gasteiger charge is -2.10. The molecular formula is C10H13BrO3. The molecule has 0 heterocycles. The fourth-order valence-corrected chi connectivity index (χ4v) is 1.15. The molecule has 14 heavy (non-hydrogen) atoms. The highest BCUT2D eigenvalue weighted by atomic mass is 79.9. The predicted octanol–water partition coefficient (Wildman–Crippen LogP) is 1.83. The molecule has 1 aromatic rings. The van der Waals surface area contributed by atoms with Crippen LogP contribution in [0.25, 0.3) is 0 Å². The first kappa shape index (κ1) is 11.3. The number of alkyl halides is 1. The van der Waals surface area contributed by atoms with Crippen LogP contribution in [-0.4, -0.2) is 30.3 Å². The van der Waals surface area contributed by atoms with E-state index < -0.39 is 0 Å². The Bertz CT molecular complexity index is 238. The van der Waals surface area contributed by atoms with Crippen molar-refractivity contribution in [2.24, 2.45) is 0 Å². The number of rotatable bonds is 6. The molecule has 1 rings (SSSR count). The Morgan fingerprint density at radius 2 is 1.64 bits per heavy atom. The lowest BCUT2D eigenvalue weighted by molar-refractivity contribution is 0.194. The van der Waals surface area contributed by atoms with E-state index in [1.807, 2.05) is 24.3 Å². The Morgan fingerprint density at radius 3 is 2.14 bits per heavy atom. The number of benzene rings is 1. The van der Waals surface area contributed by atoms with Gasteiger partial charge in [0.1, 0.15) is 6.61 Å². The van der Waals surface area contributed by atoms with Crippen LogP contribution in [0.5, 0.6) is 11.5 Å². The summed E-state index contributed by atoms with van der Waals surface area (Å²) in [6.45, 7) is 0.890. The average molecular weight is 261 g/mol. The monoisotopic (exact) mass is 260 g/mol. The molecular weight excluding hydrogens is 248 g/mol. The number of ether oxygens (including phenoxy) is 2. The van der Waals surface area contributed by atoms with E-state index in [-0.39, 0.29) is 13.2 Å². The average Bonchev–Trinajstić information content (AvgIpc) is 2.24. The van der Waals surface area contributed by atoms with Crippen LogP contribution in [0.15, 0.2) is 24.3 Å². The van der Waals surface area contributed by atoms with Crippen LogP contribution in [0.4, 0.5) is 0 Å². The maximum absolute atomic E-state index is 8.62. The Balaban J connectivity index is 2.60. The van der Waals surface area contributed by atoms with Crippen LogP contribution in [0.2, 0.25) is 0 Å². The fourth-order valence-electron chi connectivity index (χ4n) is 0.993. The Labute approximate surface area is 91.8 Å². The van der Waals surface area contributed by atoms with Crippen molar-refractivity contribution >= 4 is 15.9 Å². The normalized spacial score (nSPS) is 9.86. The molecule has 4 heteroatoms. The molecule has 0 aromatic heterocycles. The third-order valence-electron chi connectivity index (χ3n) is 1.53. The minimum absolute atomic E-state index is 0.00672. The van der Waals surface area contributed by atoms with E-state index in [0.29, 0.717) is 18.1 Å². The smallest absolute Gasteiger partial charge is 0.161 e. The third-order valence-corrected chi connectivity index (χ3v) is 1.86. The molecule has 0 amide bonds. The summed E-state index contributed by atoms with van der Waals surface area (Å²) in [5.74, 6) is 1.38. The Morgan fingerprint density at radius 1 is 1.07 bits per heavy atom. The molecule has 0 atom stereocenters. The minimum Gasteiger partial charge on any atom is -0.489 e. The topological polar surface area (TPSA) is 38.7 Å². The number of aliphatic hydroxyl groups excluding tert-OH is 1. The van der Waals surface area contributed by atoms with Crippen molar-refractivity contribution < 1.29 is 14.6 Å². The van der Waals surface area contributed by atoms with Crippen molar-refractivity contribution in [2.75, 3.05) is 25.2 Å². The highest BCUT2D eigenvalue weighted by Gasteiger charge is 2.02. The molecule has 0 aliphatic heterocycles. The van der Waals surface area contributed by atoms with E-state index in [4.69, 9.17) is 14.6 Å². The number of hydrogen-bond acceptors (Lipinski definition) is 3. The van der Waals surface area contributed by atoms with Gasteiger partial charge in [-0.3, -0.25) is 0 Å². The van der Waals surface area contributed by atoms with Crippen LogP contribution >= 0.6 is 15.9 Å². The summed E-state index contributed by atoms with van der Waals surface area (Å²) in [5.41, 5.74) is 0. The fraction of sp³-hybridized carbons (Fsp3) is 0.400. The molecule has 78 valence electrons. The lowest BCUT2D eigenvalue weighted by Crippen LogP contribution is -2.04. The second-order valence-corrected chi connectivity index (χ2v) is 3.35. The molecule has 0 saturated carbocycles. The van der Waals surface area contributed by atoms with Gasteiger partial charge in [-0.05, 0) is 12.1 Å². The van der Waals surface area contributed by atoms with E-state index in [1.54, 1.807) is 0 Å². The number of hydrogen-bond donors (Lipinski definition) is 1. The molecule has 0 aliphatic carbocycles. The first-order valence-electron chi connectivity index (χ1n) is 4.40. The summed E-state index contributed by atoms with van der Waals surface area (Å²) in [7, 11) is 0. The first-order valence-corrected chi connectivity index (χ1v) is 5.52. The molecule has 0 radical (unpaired) electrons. The van der Waals surface area contributed by atoms with Crippen molar-refractivity contribution in [1.82, 2.24) is 0 Å². The van der Waals surface area contributed by atoms with Gasteiger partial charge >= 0.3 is 0 Å². The molecule has 0 fully saturated rings. The zero-order chi connectivity index (χ0) is 10.2. The zero-order valence-corrected chi connectivity index (χ0v) is 9.37. The van der Waals surface area contributed by atoms with E-state index in [9.17, 15) is 0 Å². The second kappa shape index (κ2) is 6.68. The minimum atomic E-state index is 0.00672. The molecule has 0 bridgehead atoms. The molecule has 0 unspecified atom stereocenters. The summed E-state index contributed by atoms with van der Waals surface area (Å²) in [6.07, 6.45) is 0. The highest BCUT2D eigenvalue weighted by Crippen LogP contribution is 2.26. The van der Waals surface area contributed by atoms with Gasteiger partial charge in [-0.1, -0.05) is 28.1 Å². The molecule has 0 aliphatic rings. The van der Waals surface area contributed by atoms with Gasteiger partial charge in [0.05, 0.1) is 13.2 Å².